The summed E-state index contributed by atoms with van der Waals surface area (Å²) in [4.78, 5) is 48.8. The highest BCUT2D eigenvalue weighted by Crippen LogP contribution is 2.34. The van der Waals surface area contributed by atoms with Gasteiger partial charge in [-0.2, -0.15) is 26.3 Å². The molecule has 0 radical (unpaired) electrons. The van der Waals surface area contributed by atoms with Gasteiger partial charge in [-0.25, -0.2) is 18.4 Å². The number of nitrogens with zero attached hydrogens (tertiary/aromatic N) is 2. The van der Waals surface area contributed by atoms with Crippen molar-refractivity contribution in [1.82, 2.24) is 9.13 Å². The first-order valence-corrected chi connectivity index (χ1v) is 16.0. The molecule has 2 aromatic rings. The lowest BCUT2D eigenvalue weighted by atomic mass is 9.99. The van der Waals surface area contributed by atoms with Crippen molar-refractivity contribution in [1.29, 1.82) is 0 Å². The molecule has 0 saturated heterocycles. The number of halogens is 8. The van der Waals surface area contributed by atoms with E-state index in [2.05, 4.69) is 6.58 Å². The smallest absolute Gasteiger partial charge is 0.416 e. The number of hydrogen-bond donors (Lipinski definition) is 2. The zero-order chi connectivity index (χ0) is 40.4. The van der Waals surface area contributed by atoms with E-state index < -0.39 is 107 Å². The maximum Gasteiger partial charge on any atom is 0.416 e. The second-order valence-corrected chi connectivity index (χ2v) is 12.8. The van der Waals surface area contributed by atoms with Gasteiger partial charge in [-0.3, -0.25) is 9.59 Å². The van der Waals surface area contributed by atoms with Gasteiger partial charge in [-0.1, -0.05) is 6.08 Å². The first kappa shape index (κ1) is 46.0. The van der Waals surface area contributed by atoms with Crippen molar-refractivity contribution in [2.75, 3.05) is 19.8 Å². The van der Waals surface area contributed by atoms with Crippen LogP contribution < -0.4 is 11.1 Å². The molecule has 2 N–H and O–H groups in total. The lowest BCUT2D eigenvalue weighted by Gasteiger charge is -2.25. The normalized spacial score (nSPS) is 14.1. The molecule has 2 aromatic heterocycles. The maximum absolute atomic E-state index is 14.1. The highest BCUT2D eigenvalue weighted by atomic mass is 19.4. The lowest BCUT2D eigenvalue weighted by Crippen LogP contribution is -2.36. The van der Waals surface area contributed by atoms with E-state index in [1.54, 1.807) is 0 Å². The molecular formula is C34H44F8N2O8. The Morgan fingerprint density at radius 3 is 1.44 bits per heavy atom. The molecular weight excluding hydrogens is 716 g/mol. The number of aliphatic hydroxyl groups is 2. The molecule has 2 rings (SSSR count). The molecule has 0 aromatic carbocycles. The fourth-order valence-corrected chi connectivity index (χ4v) is 4.98. The number of hydrogen-bond acceptors (Lipinski definition) is 8. The Morgan fingerprint density at radius 1 is 0.769 bits per heavy atom. The summed E-state index contributed by atoms with van der Waals surface area (Å²) in [6.07, 6.45) is -9.87. The van der Waals surface area contributed by atoms with E-state index >= 15 is 0 Å². The van der Waals surface area contributed by atoms with Gasteiger partial charge in [-0.15, -0.1) is 6.58 Å². The van der Waals surface area contributed by atoms with Gasteiger partial charge in [0.05, 0.1) is 37.1 Å². The largest absolute Gasteiger partial charge is 0.464 e. The summed E-state index contributed by atoms with van der Waals surface area (Å²) in [5, 5.41) is 18.4. The summed E-state index contributed by atoms with van der Waals surface area (Å²) in [5.74, 6) is -1.83. The number of rotatable bonds is 15. The zero-order valence-electron chi connectivity index (χ0n) is 29.5. The second kappa shape index (κ2) is 18.6. The number of esters is 2. The van der Waals surface area contributed by atoms with Crippen LogP contribution in [0.1, 0.15) is 88.7 Å². The molecule has 0 aliphatic heterocycles. The Kier molecular flexibility index (Phi) is 16.5. The molecule has 0 bridgehead atoms. The number of aromatic nitrogens is 2. The number of aliphatic hydroxyl groups excluding tert-OH is 2. The molecule has 0 aliphatic carbocycles. The summed E-state index contributed by atoms with van der Waals surface area (Å²) in [6.45, 7) is 10.3. The highest BCUT2D eigenvalue weighted by molar-refractivity contribution is 5.75. The summed E-state index contributed by atoms with van der Waals surface area (Å²) in [6, 6.07) is -2.14. The van der Waals surface area contributed by atoms with Gasteiger partial charge in [0.25, 0.3) is 11.1 Å². The van der Waals surface area contributed by atoms with Crippen LogP contribution in [0.15, 0.2) is 46.8 Å². The number of alkyl halides is 8. The average Bonchev–Trinajstić information content (AvgIpc) is 2.99. The zero-order valence-corrected chi connectivity index (χ0v) is 29.5. The molecule has 52 heavy (non-hydrogen) atoms. The first-order valence-electron chi connectivity index (χ1n) is 16.0. The molecule has 3 atom stereocenters. The summed E-state index contributed by atoms with van der Waals surface area (Å²) in [7, 11) is 0. The van der Waals surface area contributed by atoms with Crippen molar-refractivity contribution >= 4 is 11.9 Å². The average molecular weight is 761 g/mol. The van der Waals surface area contributed by atoms with Crippen LogP contribution in [0.3, 0.4) is 0 Å². The predicted molar refractivity (Wildman–Crippen MR) is 173 cm³/mol. The Hall–Kier alpha value is -4.06. The molecule has 3 unspecified atom stereocenters. The SMILES string of the molecule is C=CCc1cn(C(CC(C)(C)F)C(=O)OCC)c(=O)cc1C(F)(F)F.CCOC(=O)C(CC(C)(C)F)n1cc(CC(O)CO)c(C(F)(F)F)cc1=O. The predicted octanol–water partition coefficient (Wildman–Crippen LogP) is 5.84. The van der Waals surface area contributed by atoms with E-state index in [0.29, 0.717) is 10.6 Å². The first-order chi connectivity index (χ1) is 23.7. The monoisotopic (exact) mass is 760 g/mol. The standard InChI is InChI=1S/C17H23F4NO5.C17H21F4NO3/c1-4-27-15(26)13(7-16(2,3)18)22-8-10(5-11(24)9-23)12(6-14(22)25)17(19,20)21;1-5-7-11-10-22(14(23)8-12(11)17(19,20)21)13(9-16(3,4)18)15(24)25-6-2/h6,8,11,13,23-24H,4-5,7,9H2,1-3H3;5,8,10,13H,1,6-7,9H2,2-4H3. The Bertz CT molecular complexity index is 1640. The molecule has 10 nitrogen and oxygen atoms in total. The van der Waals surface area contributed by atoms with Crippen molar-refractivity contribution in [3.05, 3.63) is 80.1 Å². The number of carbonyl (C=O) groups is 2. The Morgan fingerprint density at radius 2 is 1.13 bits per heavy atom. The van der Waals surface area contributed by atoms with Crippen LogP contribution in [-0.2, 0) is 44.3 Å². The van der Waals surface area contributed by atoms with Crippen molar-refractivity contribution < 1.29 is 64.4 Å². The van der Waals surface area contributed by atoms with E-state index in [1.165, 1.54) is 33.8 Å². The van der Waals surface area contributed by atoms with Gasteiger partial charge in [-0.05, 0) is 59.1 Å². The summed E-state index contributed by atoms with van der Waals surface area (Å²) >= 11 is 0. The number of ether oxygens (including phenoxy) is 2. The third-order valence-electron chi connectivity index (χ3n) is 7.11. The van der Waals surface area contributed by atoms with Gasteiger partial charge < -0.3 is 28.8 Å². The minimum Gasteiger partial charge on any atom is -0.464 e. The molecule has 0 spiro atoms. The van der Waals surface area contributed by atoms with Gasteiger partial charge in [0, 0.05) is 43.8 Å². The fourth-order valence-electron chi connectivity index (χ4n) is 4.98. The lowest BCUT2D eigenvalue weighted by molar-refractivity contribution is -0.149. The molecule has 0 amide bonds. The van der Waals surface area contributed by atoms with Gasteiger partial charge in [0.1, 0.15) is 23.4 Å². The van der Waals surface area contributed by atoms with Crippen LogP contribution in [0, 0.1) is 0 Å². The van der Waals surface area contributed by atoms with Crippen LogP contribution >= 0.6 is 0 Å². The Balaban J connectivity index is 0.000000522. The van der Waals surface area contributed by atoms with Crippen LogP contribution in [0.4, 0.5) is 35.1 Å². The Labute approximate surface area is 294 Å². The van der Waals surface area contributed by atoms with Gasteiger partial charge in [0.2, 0.25) is 0 Å². The van der Waals surface area contributed by atoms with E-state index in [-0.39, 0.29) is 31.3 Å². The minimum atomic E-state index is -4.89. The third kappa shape index (κ3) is 14.2. The molecule has 2 heterocycles. The van der Waals surface area contributed by atoms with E-state index in [0.717, 1.165) is 30.8 Å². The topological polar surface area (TPSA) is 137 Å². The van der Waals surface area contributed by atoms with E-state index in [1.807, 2.05) is 0 Å². The minimum absolute atomic E-state index is 0.00303. The molecule has 0 aliphatic rings. The maximum atomic E-state index is 14.1. The number of carbonyl (C=O) groups excluding carboxylic acids is 2. The summed E-state index contributed by atoms with van der Waals surface area (Å²) in [5.41, 5.74) is -9.09. The van der Waals surface area contributed by atoms with Crippen molar-refractivity contribution in [3.8, 4) is 0 Å². The van der Waals surface area contributed by atoms with Crippen molar-refractivity contribution in [2.24, 2.45) is 0 Å². The summed E-state index contributed by atoms with van der Waals surface area (Å²) < 4.78 is 118. The number of allylic oxidation sites excluding steroid dienone is 1. The molecule has 294 valence electrons. The van der Waals surface area contributed by atoms with E-state index in [4.69, 9.17) is 14.6 Å². The van der Waals surface area contributed by atoms with Crippen LogP contribution in [-0.4, -0.2) is 68.5 Å². The fraction of sp³-hybridized carbons (Fsp3) is 0.588. The van der Waals surface area contributed by atoms with Gasteiger partial charge in [0.15, 0.2) is 0 Å². The van der Waals surface area contributed by atoms with Gasteiger partial charge >= 0.3 is 24.3 Å². The van der Waals surface area contributed by atoms with Crippen LogP contribution in [0.2, 0.25) is 0 Å². The van der Waals surface area contributed by atoms with Crippen molar-refractivity contribution in [3.63, 3.8) is 0 Å². The van der Waals surface area contributed by atoms with Crippen LogP contribution in [0.5, 0.6) is 0 Å². The molecule has 0 saturated carbocycles. The second-order valence-electron chi connectivity index (χ2n) is 12.8. The quantitative estimate of drug-likeness (QED) is 0.131. The third-order valence-corrected chi connectivity index (χ3v) is 7.11. The highest BCUT2D eigenvalue weighted by Gasteiger charge is 2.38. The van der Waals surface area contributed by atoms with Crippen LogP contribution in [0.25, 0.3) is 0 Å². The molecule has 0 fully saturated rings. The van der Waals surface area contributed by atoms with Crippen molar-refractivity contribution in [2.45, 2.75) is 109 Å². The molecule has 18 heteroatoms. The van der Waals surface area contributed by atoms with E-state index in [9.17, 15) is 59.4 Å². The number of pyridine rings is 2.